The average molecular weight is 407 g/mol. The lowest BCUT2D eigenvalue weighted by molar-refractivity contribution is -0.135. The van der Waals surface area contributed by atoms with Crippen molar-refractivity contribution in [3.05, 3.63) is 35.9 Å². The van der Waals surface area contributed by atoms with Crippen molar-refractivity contribution in [1.82, 2.24) is 15.1 Å². The maximum Gasteiger partial charge on any atom is 0.249 e. The summed E-state index contributed by atoms with van der Waals surface area (Å²) in [6.07, 6.45) is 1.33. The summed E-state index contributed by atoms with van der Waals surface area (Å²) < 4.78 is 0.812. The number of fused-ring (bicyclic) bond motifs is 1. The molecule has 6 nitrogen and oxygen atoms in total. The quantitative estimate of drug-likeness (QED) is 0.607. The Bertz CT molecular complexity index is 828. The molecule has 1 aromatic carbocycles. The summed E-state index contributed by atoms with van der Waals surface area (Å²) in [5.74, 6) is 1.33. The van der Waals surface area contributed by atoms with Crippen LogP contribution in [-0.2, 0) is 15.3 Å². The van der Waals surface area contributed by atoms with E-state index in [4.69, 9.17) is 0 Å². The first-order valence-electron chi connectivity index (χ1n) is 8.32. The lowest BCUT2D eigenvalue weighted by atomic mass is 10.2. The van der Waals surface area contributed by atoms with E-state index in [1.165, 1.54) is 16.9 Å². The number of nitrogens with one attached hydrogen (secondary N) is 1. The predicted octanol–water partition coefficient (Wildman–Crippen LogP) is 3.22. The summed E-state index contributed by atoms with van der Waals surface area (Å²) in [6, 6.07) is 9.72. The highest BCUT2D eigenvalue weighted by Crippen LogP contribution is 2.47. The predicted molar refractivity (Wildman–Crippen MR) is 105 cm³/mol. The molecule has 2 atom stereocenters. The average Bonchev–Trinajstić information content (AvgIpc) is 3.30. The highest BCUT2D eigenvalue weighted by Gasteiger charge is 2.52. The second kappa shape index (κ2) is 7.21. The molecule has 1 aromatic heterocycles. The van der Waals surface area contributed by atoms with Gasteiger partial charge in [0.05, 0.1) is 4.87 Å². The number of rotatable bonds is 5. The van der Waals surface area contributed by atoms with Gasteiger partial charge in [-0.1, -0.05) is 53.4 Å². The van der Waals surface area contributed by atoms with E-state index in [2.05, 4.69) is 27.6 Å². The maximum absolute atomic E-state index is 12.6. The van der Waals surface area contributed by atoms with Crippen LogP contribution < -0.4 is 5.32 Å². The first-order valence-corrected chi connectivity index (χ1v) is 11.1. The molecule has 26 heavy (non-hydrogen) atoms. The van der Waals surface area contributed by atoms with Gasteiger partial charge in [0.1, 0.15) is 6.04 Å². The molecule has 2 saturated heterocycles. The molecular weight excluding hydrogens is 388 g/mol. The van der Waals surface area contributed by atoms with Crippen molar-refractivity contribution in [2.24, 2.45) is 0 Å². The molecule has 0 saturated carbocycles. The zero-order valence-corrected chi connectivity index (χ0v) is 16.6. The van der Waals surface area contributed by atoms with Crippen molar-refractivity contribution in [2.45, 2.75) is 40.8 Å². The SMILES string of the molecule is C[C@@]12CCC(=O)N1[C@H](C(=O)Nc1nnc(SCc3ccccc3)s1)CS2. The molecule has 0 radical (unpaired) electrons. The number of carbonyl (C=O) groups is 2. The van der Waals surface area contributed by atoms with Crippen LogP contribution in [-0.4, -0.2) is 43.6 Å². The van der Waals surface area contributed by atoms with Gasteiger partial charge in [-0.25, -0.2) is 0 Å². The van der Waals surface area contributed by atoms with E-state index in [0.29, 0.717) is 17.3 Å². The van der Waals surface area contributed by atoms with Crippen molar-refractivity contribution in [3.8, 4) is 0 Å². The topological polar surface area (TPSA) is 75.2 Å². The van der Waals surface area contributed by atoms with Gasteiger partial charge in [0.15, 0.2) is 4.34 Å². The Balaban J connectivity index is 1.37. The van der Waals surface area contributed by atoms with Crippen LogP contribution in [0.25, 0.3) is 0 Å². The van der Waals surface area contributed by atoms with Crippen LogP contribution >= 0.6 is 34.9 Å². The third-order valence-corrected chi connectivity index (χ3v) is 8.14. The zero-order valence-electron chi connectivity index (χ0n) is 14.2. The van der Waals surface area contributed by atoms with Crippen molar-refractivity contribution in [1.29, 1.82) is 0 Å². The smallest absolute Gasteiger partial charge is 0.249 e. The number of aromatic nitrogens is 2. The number of carbonyl (C=O) groups excluding carboxylic acids is 2. The Morgan fingerprint density at radius 2 is 2.19 bits per heavy atom. The van der Waals surface area contributed by atoms with Gasteiger partial charge in [0, 0.05) is 17.9 Å². The second-order valence-electron chi connectivity index (χ2n) is 6.40. The lowest BCUT2D eigenvalue weighted by Gasteiger charge is -2.29. The van der Waals surface area contributed by atoms with E-state index in [9.17, 15) is 9.59 Å². The van der Waals surface area contributed by atoms with Crippen LogP contribution in [0.15, 0.2) is 34.7 Å². The van der Waals surface area contributed by atoms with Gasteiger partial charge >= 0.3 is 0 Å². The minimum Gasteiger partial charge on any atom is -0.315 e. The minimum atomic E-state index is -0.427. The molecule has 1 N–H and O–H groups in total. The second-order valence-corrected chi connectivity index (χ2v) is 10.1. The Labute approximate surface area is 164 Å². The van der Waals surface area contributed by atoms with Gasteiger partial charge in [0.2, 0.25) is 16.9 Å². The fourth-order valence-corrected chi connectivity index (χ4v) is 6.38. The molecular formula is C17H18N4O2S3. The standard InChI is InChI=1S/C17H18N4O2S3/c1-17-8-7-13(22)21(17)12(10-25-17)14(23)18-15-19-20-16(26-15)24-9-11-5-3-2-4-6-11/h2-6,12H,7-10H2,1H3,(H,18,19,23)/t12-,17+/m0/s1. The summed E-state index contributed by atoms with van der Waals surface area (Å²) in [5, 5.41) is 11.5. The Kier molecular flexibility index (Phi) is 4.94. The summed E-state index contributed by atoms with van der Waals surface area (Å²) in [6.45, 7) is 2.04. The van der Waals surface area contributed by atoms with Gasteiger partial charge in [-0.15, -0.1) is 22.0 Å². The van der Waals surface area contributed by atoms with Crippen LogP contribution in [0.1, 0.15) is 25.3 Å². The maximum atomic E-state index is 12.6. The van der Waals surface area contributed by atoms with E-state index < -0.39 is 6.04 Å². The third-order valence-electron chi connectivity index (χ3n) is 4.59. The van der Waals surface area contributed by atoms with E-state index in [1.807, 2.05) is 25.1 Å². The highest BCUT2D eigenvalue weighted by atomic mass is 32.2. The number of thioether (sulfide) groups is 2. The summed E-state index contributed by atoms with van der Waals surface area (Å²) >= 11 is 4.64. The molecule has 3 heterocycles. The van der Waals surface area contributed by atoms with Crippen LogP contribution in [0.2, 0.25) is 0 Å². The minimum absolute atomic E-state index is 0.0639. The van der Waals surface area contributed by atoms with Gasteiger partial charge in [0.25, 0.3) is 0 Å². The molecule has 2 aromatic rings. The number of hydrogen-bond acceptors (Lipinski definition) is 7. The molecule has 4 rings (SSSR count). The highest BCUT2D eigenvalue weighted by molar-refractivity contribution is 8.01. The largest absolute Gasteiger partial charge is 0.315 e. The van der Waals surface area contributed by atoms with E-state index in [-0.39, 0.29) is 16.7 Å². The third kappa shape index (κ3) is 3.47. The Morgan fingerprint density at radius 3 is 3.00 bits per heavy atom. The number of anilines is 1. The van der Waals surface area contributed by atoms with Crippen LogP contribution in [0, 0.1) is 0 Å². The van der Waals surface area contributed by atoms with Crippen LogP contribution in [0.4, 0.5) is 5.13 Å². The molecule has 2 fully saturated rings. The fraction of sp³-hybridized carbons (Fsp3) is 0.412. The Morgan fingerprint density at radius 1 is 1.38 bits per heavy atom. The molecule has 2 amide bonds. The molecule has 9 heteroatoms. The lowest BCUT2D eigenvalue weighted by Crippen LogP contribution is -2.48. The van der Waals surface area contributed by atoms with Crippen molar-refractivity contribution < 1.29 is 9.59 Å². The van der Waals surface area contributed by atoms with Crippen molar-refractivity contribution in [2.75, 3.05) is 11.1 Å². The van der Waals surface area contributed by atoms with Gasteiger partial charge < -0.3 is 4.90 Å². The van der Waals surface area contributed by atoms with Gasteiger partial charge in [-0.2, -0.15) is 0 Å². The fourth-order valence-electron chi connectivity index (χ4n) is 3.24. The van der Waals surface area contributed by atoms with E-state index in [1.54, 1.807) is 28.4 Å². The van der Waals surface area contributed by atoms with Gasteiger partial charge in [-0.05, 0) is 18.9 Å². The van der Waals surface area contributed by atoms with Crippen molar-refractivity contribution >= 4 is 51.8 Å². The molecule has 0 aliphatic carbocycles. The zero-order chi connectivity index (χ0) is 18.1. The number of amides is 2. The molecule has 0 spiro atoms. The molecule has 0 unspecified atom stereocenters. The molecule has 136 valence electrons. The Hall–Kier alpha value is -1.58. The first kappa shape index (κ1) is 17.8. The van der Waals surface area contributed by atoms with E-state index >= 15 is 0 Å². The van der Waals surface area contributed by atoms with Gasteiger partial charge in [-0.3, -0.25) is 14.9 Å². The number of nitrogens with zero attached hydrogens (tertiary/aromatic N) is 3. The monoisotopic (exact) mass is 406 g/mol. The summed E-state index contributed by atoms with van der Waals surface area (Å²) in [5.41, 5.74) is 1.22. The first-order chi connectivity index (χ1) is 12.5. The molecule has 2 aliphatic heterocycles. The number of hydrogen-bond donors (Lipinski definition) is 1. The van der Waals surface area contributed by atoms with Crippen LogP contribution in [0.5, 0.6) is 0 Å². The summed E-state index contributed by atoms with van der Waals surface area (Å²) in [4.78, 5) is 26.3. The molecule has 2 aliphatic rings. The molecule has 0 bridgehead atoms. The van der Waals surface area contributed by atoms with Crippen LogP contribution in [0.3, 0.4) is 0 Å². The van der Waals surface area contributed by atoms with E-state index in [0.717, 1.165) is 16.5 Å². The van der Waals surface area contributed by atoms with Crippen molar-refractivity contribution in [3.63, 3.8) is 0 Å². The number of benzene rings is 1. The summed E-state index contributed by atoms with van der Waals surface area (Å²) in [7, 11) is 0. The normalized spacial score (nSPS) is 24.7.